The van der Waals surface area contributed by atoms with Gasteiger partial charge in [-0.3, -0.25) is 9.78 Å². The van der Waals surface area contributed by atoms with Gasteiger partial charge in [-0.15, -0.1) is 0 Å². The van der Waals surface area contributed by atoms with Crippen LogP contribution in [0.15, 0.2) is 48.5 Å². The number of carbonyl (C=O) groups excluding carboxylic acids is 1. The lowest BCUT2D eigenvalue weighted by atomic mass is 10.1. The molecule has 0 unspecified atom stereocenters. The molecule has 0 N–H and O–H groups in total. The Morgan fingerprint density at radius 1 is 1.25 bits per heavy atom. The number of nitrogens with zero attached hydrogens (tertiary/aromatic N) is 1. The number of rotatable bonds is 3. The van der Waals surface area contributed by atoms with E-state index in [0.29, 0.717) is 29.4 Å². The van der Waals surface area contributed by atoms with Gasteiger partial charge in [-0.2, -0.15) is 0 Å². The van der Waals surface area contributed by atoms with Crippen molar-refractivity contribution in [2.24, 2.45) is 0 Å². The maximum absolute atomic E-state index is 12.2. The van der Waals surface area contributed by atoms with Crippen LogP contribution in [0.3, 0.4) is 0 Å². The van der Waals surface area contributed by atoms with E-state index in [9.17, 15) is 4.79 Å². The van der Waals surface area contributed by atoms with Crippen LogP contribution in [0.2, 0.25) is 0 Å². The highest BCUT2D eigenvalue weighted by molar-refractivity contribution is 6.14. The van der Waals surface area contributed by atoms with Crippen molar-refractivity contribution in [1.29, 1.82) is 0 Å². The molecule has 4 heteroatoms. The first-order chi connectivity index (χ1) is 9.78. The lowest BCUT2D eigenvalue weighted by Gasteiger charge is -2.03. The lowest BCUT2D eigenvalue weighted by molar-refractivity contribution is 0.101. The van der Waals surface area contributed by atoms with Crippen LogP contribution in [-0.4, -0.2) is 17.4 Å². The minimum absolute atomic E-state index is 0.111. The molecule has 0 radical (unpaired) electrons. The molecule has 1 aliphatic rings. The summed E-state index contributed by atoms with van der Waals surface area (Å²) < 4.78 is 11.0. The number of ether oxygens (including phenoxy) is 2. The summed E-state index contributed by atoms with van der Waals surface area (Å²) in [5.74, 6) is 1.45. The van der Waals surface area contributed by atoms with Crippen molar-refractivity contribution in [3.05, 3.63) is 59.6 Å². The van der Waals surface area contributed by atoms with E-state index in [1.165, 1.54) is 0 Å². The summed E-state index contributed by atoms with van der Waals surface area (Å²) in [5.41, 5.74) is 1.44. The van der Waals surface area contributed by atoms with Crippen LogP contribution in [-0.2, 0) is 0 Å². The van der Waals surface area contributed by atoms with Crippen LogP contribution in [0, 0.1) is 0 Å². The summed E-state index contributed by atoms with van der Waals surface area (Å²) in [4.78, 5) is 16.2. The van der Waals surface area contributed by atoms with Crippen LogP contribution < -0.4 is 9.47 Å². The minimum atomic E-state index is -0.111. The zero-order chi connectivity index (χ0) is 13.9. The Bertz CT molecular complexity index is 677. The second-order valence-electron chi connectivity index (χ2n) is 4.31. The molecule has 2 aromatic rings. The van der Waals surface area contributed by atoms with Crippen molar-refractivity contribution >= 4 is 11.9 Å². The molecule has 0 aliphatic carbocycles. The van der Waals surface area contributed by atoms with Crippen molar-refractivity contribution < 1.29 is 14.3 Å². The zero-order valence-corrected chi connectivity index (χ0v) is 11.0. The van der Waals surface area contributed by atoms with E-state index < -0.39 is 0 Å². The van der Waals surface area contributed by atoms with Crippen molar-refractivity contribution in [2.45, 2.75) is 6.92 Å². The second-order valence-corrected chi connectivity index (χ2v) is 4.31. The van der Waals surface area contributed by atoms with Crippen LogP contribution in [0.4, 0.5) is 0 Å². The SMILES string of the molecule is CCOc1ccc2c(c1)OC(=Cc1ccncc1)C2=O. The monoisotopic (exact) mass is 267 g/mol. The maximum atomic E-state index is 12.2. The number of carbonyl (C=O) groups is 1. The zero-order valence-electron chi connectivity index (χ0n) is 11.0. The first-order valence-corrected chi connectivity index (χ1v) is 6.39. The van der Waals surface area contributed by atoms with E-state index >= 15 is 0 Å². The number of hydrogen-bond donors (Lipinski definition) is 0. The van der Waals surface area contributed by atoms with Gasteiger partial charge < -0.3 is 9.47 Å². The largest absolute Gasteiger partial charge is 0.494 e. The Morgan fingerprint density at radius 3 is 2.80 bits per heavy atom. The van der Waals surface area contributed by atoms with Crippen LogP contribution in [0.1, 0.15) is 22.8 Å². The Labute approximate surface area is 116 Å². The average molecular weight is 267 g/mol. The molecule has 0 bridgehead atoms. The molecule has 0 saturated carbocycles. The predicted molar refractivity (Wildman–Crippen MR) is 74.8 cm³/mol. The van der Waals surface area contributed by atoms with Gasteiger partial charge in [0, 0.05) is 18.5 Å². The first kappa shape index (κ1) is 12.4. The Morgan fingerprint density at radius 2 is 2.05 bits per heavy atom. The standard InChI is InChI=1S/C16H13NO3/c1-2-19-12-3-4-13-14(10-12)20-15(16(13)18)9-11-5-7-17-8-6-11/h3-10H,2H2,1H3. The van der Waals surface area contributed by atoms with Gasteiger partial charge in [-0.25, -0.2) is 0 Å². The summed E-state index contributed by atoms with van der Waals surface area (Å²) in [5, 5.41) is 0. The highest BCUT2D eigenvalue weighted by Gasteiger charge is 2.27. The van der Waals surface area contributed by atoms with E-state index in [1.54, 1.807) is 36.7 Å². The second kappa shape index (κ2) is 5.17. The van der Waals surface area contributed by atoms with Gasteiger partial charge in [0.25, 0.3) is 0 Å². The van der Waals surface area contributed by atoms with E-state index in [4.69, 9.17) is 9.47 Å². The molecule has 0 amide bonds. The molecule has 100 valence electrons. The van der Waals surface area contributed by atoms with Gasteiger partial charge in [-0.05, 0) is 42.8 Å². The molecule has 3 rings (SSSR count). The van der Waals surface area contributed by atoms with Crippen LogP contribution >= 0.6 is 0 Å². The van der Waals surface area contributed by atoms with Gasteiger partial charge in [0.1, 0.15) is 11.5 Å². The number of hydrogen-bond acceptors (Lipinski definition) is 4. The summed E-state index contributed by atoms with van der Waals surface area (Å²) in [6, 6.07) is 8.88. The van der Waals surface area contributed by atoms with Gasteiger partial charge in [0.2, 0.25) is 5.78 Å². The Hall–Kier alpha value is -2.62. The molecular formula is C16H13NO3. The fraction of sp³-hybridized carbons (Fsp3) is 0.125. The maximum Gasteiger partial charge on any atom is 0.231 e. The molecule has 1 aliphatic heterocycles. The molecular weight excluding hydrogens is 254 g/mol. The van der Waals surface area contributed by atoms with E-state index in [0.717, 1.165) is 5.56 Å². The summed E-state index contributed by atoms with van der Waals surface area (Å²) in [7, 11) is 0. The topological polar surface area (TPSA) is 48.4 Å². The highest BCUT2D eigenvalue weighted by atomic mass is 16.5. The smallest absolute Gasteiger partial charge is 0.231 e. The fourth-order valence-corrected chi connectivity index (χ4v) is 2.03. The predicted octanol–water partition coefficient (Wildman–Crippen LogP) is 3.10. The summed E-state index contributed by atoms with van der Waals surface area (Å²) in [6.45, 7) is 2.49. The molecule has 0 saturated heterocycles. The molecule has 2 heterocycles. The van der Waals surface area contributed by atoms with Gasteiger partial charge in [-0.1, -0.05) is 0 Å². The molecule has 4 nitrogen and oxygen atoms in total. The van der Waals surface area contributed by atoms with Gasteiger partial charge in [0.15, 0.2) is 5.76 Å². The van der Waals surface area contributed by atoms with Crippen molar-refractivity contribution in [1.82, 2.24) is 4.98 Å². The summed E-state index contributed by atoms with van der Waals surface area (Å²) >= 11 is 0. The number of ketones is 1. The number of allylic oxidation sites excluding steroid dienone is 1. The third-order valence-corrected chi connectivity index (χ3v) is 2.96. The van der Waals surface area contributed by atoms with Gasteiger partial charge >= 0.3 is 0 Å². The van der Waals surface area contributed by atoms with Crippen molar-refractivity contribution in [3.63, 3.8) is 0 Å². The third kappa shape index (κ3) is 2.28. The number of benzene rings is 1. The number of Topliss-reactive ketones (excluding diaryl/α,β-unsaturated/α-hetero) is 1. The molecule has 1 aromatic carbocycles. The first-order valence-electron chi connectivity index (χ1n) is 6.39. The molecule has 1 aromatic heterocycles. The van der Waals surface area contributed by atoms with Crippen LogP contribution in [0.25, 0.3) is 6.08 Å². The van der Waals surface area contributed by atoms with E-state index in [1.807, 2.05) is 19.1 Å². The third-order valence-electron chi connectivity index (χ3n) is 2.96. The normalized spacial score (nSPS) is 15.1. The van der Waals surface area contributed by atoms with Gasteiger partial charge in [0.05, 0.1) is 12.2 Å². The fourth-order valence-electron chi connectivity index (χ4n) is 2.03. The quantitative estimate of drug-likeness (QED) is 0.802. The van der Waals surface area contributed by atoms with E-state index in [2.05, 4.69) is 4.98 Å². The molecule has 0 atom stereocenters. The van der Waals surface area contributed by atoms with Crippen molar-refractivity contribution in [3.8, 4) is 11.5 Å². The molecule has 0 fully saturated rings. The lowest BCUT2D eigenvalue weighted by Crippen LogP contribution is -1.97. The minimum Gasteiger partial charge on any atom is -0.494 e. The average Bonchev–Trinajstić information content (AvgIpc) is 2.77. The van der Waals surface area contributed by atoms with Crippen LogP contribution in [0.5, 0.6) is 11.5 Å². The molecule has 0 spiro atoms. The Kier molecular flexibility index (Phi) is 3.21. The molecule has 20 heavy (non-hydrogen) atoms. The highest BCUT2D eigenvalue weighted by Crippen LogP contribution is 2.34. The van der Waals surface area contributed by atoms with Crippen molar-refractivity contribution in [2.75, 3.05) is 6.61 Å². The number of aromatic nitrogens is 1. The van der Waals surface area contributed by atoms with E-state index in [-0.39, 0.29) is 5.78 Å². The summed E-state index contributed by atoms with van der Waals surface area (Å²) in [6.07, 6.45) is 5.06. The number of pyridine rings is 1. The Balaban J connectivity index is 1.92. The number of fused-ring (bicyclic) bond motifs is 1.